The first-order valence-electron chi connectivity index (χ1n) is 6.47. The van der Waals surface area contributed by atoms with Crippen molar-refractivity contribution in [3.05, 3.63) is 0 Å². The fraction of sp³-hybridized carbons (Fsp3) is 1.00. The summed E-state index contributed by atoms with van der Waals surface area (Å²) < 4.78 is 42.9. The minimum atomic E-state index is -4.00. The van der Waals surface area contributed by atoms with Crippen LogP contribution in [0.2, 0.25) is 0 Å². The van der Waals surface area contributed by atoms with Crippen LogP contribution < -0.4 is 5.32 Å². The van der Waals surface area contributed by atoms with E-state index in [1.165, 1.54) is 0 Å². The van der Waals surface area contributed by atoms with Gasteiger partial charge in [-0.05, 0) is 38.5 Å². The Kier molecular flexibility index (Phi) is 4.31. The molecule has 0 amide bonds. The van der Waals surface area contributed by atoms with Crippen LogP contribution in [0.1, 0.15) is 38.5 Å². The highest BCUT2D eigenvalue weighted by Gasteiger charge is 2.41. The molecular weight excluding hydrogens is 231 g/mol. The molecule has 0 aromatic rings. The van der Waals surface area contributed by atoms with E-state index >= 15 is 0 Å². The molecule has 0 spiro atoms. The van der Waals surface area contributed by atoms with Crippen LogP contribution in [0.4, 0.5) is 13.2 Å². The minimum Gasteiger partial charge on any atom is -0.377 e. The maximum Gasteiger partial charge on any atom is 0.391 e. The van der Waals surface area contributed by atoms with E-state index in [4.69, 9.17) is 4.74 Å². The molecule has 1 N–H and O–H groups in total. The van der Waals surface area contributed by atoms with Gasteiger partial charge in [0.15, 0.2) is 0 Å². The molecule has 1 heterocycles. The molecule has 1 unspecified atom stereocenters. The molecule has 2 rings (SSSR count). The Morgan fingerprint density at radius 2 is 1.76 bits per heavy atom. The Balaban J connectivity index is 1.65. The fourth-order valence-corrected chi connectivity index (χ4v) is 2.73. The van der Waals surface area contributed by atoms with Gasteiger partial charge in [-0.15, -0.1) is 0 Å². The quantitative estimate of drug-likeness (QED) is 0.832. The van der Waals surface area contributed by atoms with Gasteiger partial charge in [0.1, 0.15) is 0 Å². The zero-order valence-corrected chi connectivity index (χ0v) is 9.93. The summed E-state index contributed by atoms with van der Waals surface area (Å²) in [4.78, 5) is 0. The van der Waals surface area contributed by atoms with Gasteiger partial charge in [-0.3, -0.25) is 0 Å². The fourth-order valence-electron chi connectivity index (χ4n) is 2.73. The van der Waals surface area contributed by atoms with Crippen molar-refractivity contribution in [1.29, 1.82) is 0 Å². The van der Waals surface area contributed by atoms with Gasteiger partial charge in [-0.2, -0.15) is 13.2 Å². The summed E-state index contributed by atoms with van der Waals surface area (Å²) >= 11 is 0. The summed E-state index contributed by atoms with van der Waals surface area (Å²) in [6.07, 6.45) is 0.264. The van der Waals surface area contributed by atoms with Crippen molar-refractivity contribution >= 4 is 0 Å². The minimum absolute atomic E-state index is 0.248. The number of alkyl halides is 3. The number of ether oxygens (including phenoxy) is 1. The second-order valence-corrected chi connectivity index (χ2v) is 5.13. The molecule has 2 fully saturated rings. The summed E-state index contributed by atoms with van der Waals surface area (Å²) in [7, 11) is 0. The normalized spacial score (nSPS) is 35.1. The van der Waals surface area contributed by atoms with E-state index in [2.05, 4.69) is 5.32 Å². The average molecular weight is 251 g/mol. The van der Waals surface area contributed by atoms with Crippen molar-refractivity contribution in [2.24, 2.45) is 5.92 Å². The summed E-state index contributed by atoms with van der Waals surface area (Å²) in [6.45, 7) is 1.62. The molecular formula is C12H20F3NO. The Morgan fingerprint density at radius 3 is 2.29 bits per heavy atom. The molecule has 1 aliphatic carbocycles. The van der Waals surface area contributed by atoms with Gasteiger partial charge in [-0.25, -0.2) is 0 Å². The molecule has 2 nitrogen and oxygen atoms in total. The van der Waals surface area contributed by atoms with Crippen molar-refractivity contribution in [2.45, 2.75) is 56.8 Å². The van der Waals surface area contributed by atoms with Crippen LogP contribution in [-0.2, 0) is 4.74 Å². The zero-order valence-electron chi connectivity index (χ0n) is 9.93. The third kappa shape index (κ3) is 3.85. The predicted molar refractivity (Wildman–Crippen MR) is 58.8 cm³/mol. The highest BCUT2D eigenvalue weighted by atomic mass is 19.4. The van der Waals surface area contributed by atoms with Gasteiger partial charge in [0.25, 0.3) is 0 Å². The molecule has 2 aliphatic rings. The number of nitrogens with one attached hydrogen (secondary N) is 1. The third-order valence-electron chi connectivity index (χ3n) is 3.85. The van der Waals surface area contributed by atoms with Crippen molar-refractivity contribution in [1.82, 2.24) is 5.32 Å². The van der Waals surface area contributed by atoms with E-state index in [0.717, 1.165) is 26.0 Å². The van der Waals surface area contributed by atoms with Crippen LogP contribution in [0.5, 0.6) is 0 Å². The smallest absolute Gasteiger partial charge is 0.377 e. The van der Waals surface area contributed by atoms with Crippen LogP contribution in [0.3, 0.4) is 0 Å². The Labute approximate surface area is 99.9 Å². The second-order valence-electron chi connectivity index (χ2n) is 5.13. The maximum absolute atomic E-state index is 12.5. The monoisotopic (exact) mass is 251 g/mol. The highest BCUT2D eigenvalue weighted by Crippen LogP contribution is 2.37. The second kappa shape index (κ2) is 5.57. The van der Waals surface area contributed by atoms with Crippen LogP contribution in [0, 0.1) is 5.92 Å². The number of rotatable bonds is 3. The summed E-state index contributed by atoms with van der Waals surface area (Å²) in [5.41, 5.74) is 0. The number of halogens is 3. The molecule has 17 heavy (non-hydrogen) atoms. The average Bonchev–Trinajstić information content (AvgIpc) is 2.78. The molecule has 1 atom stereocenters. The molecule has 1 saturated heterocycles. The topological polar surface area (TPSA) is 21.3 Å². The molecule has 0 aromatic heterocycles. The molecule has 0 radical (unpaired) electrons. The van der Waals surface area contributed by atoms with E-state index in [-0.39, 0.29) is 25.0 Å². The van der Waals surface area contributed by atoms with E-state index in [9.17, 15) is 13.2 Å². The third-order valence-corrected chi connectivity index (χ3v) is 3.85. The first-order chi connectivity index (χ1) is 8.05. The lowest BCUT2D eigenvalue weighted by molar-refractivity contribution is -0.182. The first-order valence-corrected chi connectivity index (χ1v) is 6.47. The standard InChI is InChI=1S/C12H20F3NO/c13-12(14,15)9-3-5-10(6-4-9)16-8-11-2-1-7-17-11/h9-11,16H,1-8H2. The van der Waals surface area contributed by atoms with Crippen molar-refractivity contribution in [2.75, 3.05) is 13.2 Å². The molecule has 0 aromatic carbocycles. The van der Waals surface area contributed by atoms with Crippen molar-refractivity contribution in [3.8, 4) is 0 Å². The van der Waals surface area contributed by atoms with E-state index < -0.39 is 12.1 Å². The lowest BCUT2D eigenvalue weighted by Crippen LogP contribution is -2.40. The van der Waals surface area contributed by atoms with Gasteiger partial charge in [-0.1, -0.05) is 0 Å². The van der Waals surface area contributed by atoms with Crippen LogP contribution in [-0.4, -0.2) is 31.5 Å². The van der Waals surface area contributed by atoms with Gasteiger partial charge in [0.2, 0.25) is 0 Å². The first kappa shape index (κ1) is 13.1. The predicted octanol–water partition coefficient (Wildman–Crippen LogP) is 2.88. The van der Waals surface area contributed by atoms with Gasteiger partial charge in [0.05, 0.1) is 12.0 Å². The van der Waals surface area contributed by atoms with E-state index in [1.807, 2.05) is 0 Å². The summed E-state index contributed by atoms with van der Waals surface area (Å²) in [5, 5.41) is 3.34. The van der Waals surface area contributed by atoms with E-state index in [1.54, 1.807) is 0 Å². The van der Waals surface area contributed by atoms with Crippen molar-refractivity contribution in [3.63, 3.8) is 0 Å². The van der Waals surface area contributed by atoms with Crippen LogP contribution in [0.25, 0.3) is 0 Å². The van der Waals surface area contributed by atoms with Crippen molar-refractivity contribution < 1.29 is 17.9 Å². The van der Waals surface area contributed by atoms with E-state index in [0.29, 0.717) is 12.8 Å². The highest BCUT2D eigenvalue weighted by molar-refractivity contribution is 4.81. The Hall–Kier alpha value is -0.290. The Morgan fingerprint density at radius 1 is 1.06 bits per heavy atom. The number of hydrogen-bond acceptors (Lipinski definition) is 2. The molecule has 1 saturated carbocycles. The Bertz CT molecular complexity index is 230. The largest absolute Gasteiger partial charge is 0.391 e. The SMILES string of the molecule is FC(F)(F)C1CCC(NCC2CCCO2)CC1. The van der Waals surface area contributed by atoms with Crippen LogP contribution in [0.15, 0.2) is 0 Å². The maximum atomic E-state index is 12.5. The lowest BCUT2D eigenvalue weighted by Gasteiger charge is -2.30. The molecule has 0 bridgehead atoms. The summed E-state index contributed by atoms with van der Waals surface area (Å²) in [5.74, 6) is -1.08. The number of hydrogen-bond donors (Lipinski definition) is 1. The molecule has 5 heteroatoms. The summed E-state index contributed by atoms with van der Waals surface area (Å²) in [6, 6.07) is 0.248. The van der Waals surface area contributed by atoms with Gasteiger partial charge < -0.3 is 10.1 Å². The van der Waals surface area contributed by atoms with Crippen LogP contribution >= 0.6 is 0 Å². The van der Waals surface area contributed by atoms with Gasteiger partial charge in [0, 0.05) is 19.2 Å². The molecule has 1 aliphatic heterocycles. The zero-order chi connectivity index (χ0) is 12.3. The molecule has 100 valence electrons. The lowest BCUT2D eigenvalue weighted by atomic mass is 9.85. The van der Waals surface area contributed by atoms with Gasteiger partial charge >= 0.3 is 6.18 Å².